The second-order valence-electron chi connectivity index (χ2n) is 5.91. The molecule has 3 rings (SSSR count). The standard InChI is InChI=1S/C16H19N3O4S3/c1-3-26(22,23)19-15(16-8-5-9-24-16)11-14(17-19)12-6-4-7-13(10-12)18-25(2,20)21/h4-10,15,18H,3,11H2,1-2H3/t15-/m1/s1. The van der Waals surface area contributed by atoms with Gasteiger partial charge in [-0.2, -0.15) is 9.52 Å². The monoisotopic (exact) mass is 413 g/mol. The highest BCUT2D eigenvalue weighted by atomic mass is 32.2. The highest BCUT2D eigenvalue weighted by molar-refractivity contribution is 7.92. The molecule has 1 aliphatic heterocycles. The molecule has 0 bridgehead atoms. The SMILES string of the molecule is CCS(=O)(=O)N1N=C(c2cccc(NS(C)(=O)=O)c2)C[C@@H]1c1cccs1. The Balaban J connectivity index is 1.98. The predicted molar refractivity (Wildman–Crippen MR) is 104 cm³/mol. The van der Waals surface area contributed by atoms with Gasteiger partial charge in [-0.15, -0.1) is 11.3 Å². The van der Waals surface area contributed by atoms with Crippen molar-refractivity contribution in [3.63, 3.8) is 0 Å². The smallest absolute Gasteiger partial charge is 0.250 e. The quantitative estimate of drug-likeness (QED) is 0.787. The number of rotatable bonds is 6. The number of nitrogens with zero attached hydrogens (tertiary/aromatic N) is 2. The molecule has 0 saturated carbocycles. The molecule has 26 heavy (non-hydrogen) atoms. The van der Waals surface area contributed by atoms with E-state index in [1.807, 2.05) is 17.5 Å². The Morgan fingerprint density at radius 2 is 2.00 bits per heavy atom. The highest BCUT2D eigenvalue weighted by Crippen LogP contribution is 2.37. The summed E-state index contributed by atoms with van der Waals surface area (Å²) < 4.78 is 51.4. The van der Waals surface area contributed by atoms with Crippen molar-refractivity contribution in [2.24, 2.45) is 5.10 Å². The number of sulfonamides is 2. The number of anilines is 1. The van der Waals surface area contributed by atoms with Crippen LogP contribution in [0, 0.1) is 0 Å². The molecule has 2 heterocycles. The summed E-state index contributed by atoms with van der Waals surface area (Å²) in [6, 6.07) is 10.2. The van der Waals surface area contributed by atoms with E-state index in [4.69, 9.17) is 0 Å². The van der Waals surface area contributed by atoms with Gasteiger partial charge in [0.2, 0.25) is 20.0 Å². The Kier molecular flexibility index (Phi) is 5.09. The molecule has 0 saturated heterocycles. The summed E-state index contributed by atoms with van der Waals surface area (Å²) >= 11 is 1.49. The molecule has 10 heteroatoms. The molecular weight excluding hydrogens is 394 g/mol. The largest absolute Gasteiger partial charge is 0.284 e. The van der Waals surface area contributed by atoms with Gasteiger partial charge in [-0.05, 0) is 36.1 Å². The lowest BCUT2D eigenvalue weighted by Crippen LogP contribution is -2.28. The fourth-order valence-corrected chi connectivity index (χ4v) is 5.22. The van der Waals surface area contributed by atoms with Gasteiger partial charge in [0, 0.05) is 17.0 Å². The molecule has 0 spiro atoms. The summed E-state index contributed by atoms with van der Waals surface area (Å²) in [6.07, 6.45) is 1.51. The zero-order valence-corrected chi connectivity index (χ0v) is 16.7. The lowest BCUT2D eigenvalue weighted by molar-refractivity contribution is 0.376. The van der Waals surface area contributed by atoms with E-state index in [9.17, 15) is 16.8 Å². The zero-order chi connectivity index (χ0) is 18.9. The first kappa shape index (κ1) is 18.9. The summed E-state index contributed by atoms with van der Waals surface area (Å²) in [4.78, 5) is 0.922. The number of benzene rings is 1. The van der Waals surface area contributed by atoms with Crippen molar-refractivity contribution in [3.05, 3.63) is 52.2 Å². The van der Waals surface area contributed by atoms with Gasteiger partial charge in [-0.25, -0.2) is 16.8 Å². The summed E-state index contributed by atoms with van der Waals surface area (Å²) in [7, 11) is -6.91. The topological polar surface area (TPSA) is 95.9 Å². The Bertz CT molecular complexity index is 1030. The first-order chi connectivity index (χ1) is 12.2. The van der Waals surface area contributed by atoms with Gasteiger partial charge in [-0.3, -0.25) is 4.72 Å². The predicted octanol–water partition coefficient (Wildman–Crippen LogP) is 2.62. The molecule has 0 unspecified atom stereocenters. The Morgan fingerprint density at radius 3 is 2.62 bits per heavy atom. The van der Waals surface area contributed by atoms with Crippen molar-refractivity contribution in [3.8, 4) is 0 Å². The average molecular weight is 414 g/mol. The van der Waals surface area contributed by atoms with Gasteiger partial charge >= 0.3 is 0 Å². The maximum atomic E-state index is 12.5. The molecule has 1 aromatic carbocycles. The first-order valence-corrected chi connectivity index (χ1v) is 12.3. The molecule has 0 radical (unpaired) electrons. The van der Waals surface area contributed by atoms with Crippen LogP contribution < -0.4 is 4.72 Å². The lowest BCUT2D eigenvalue weighted by Gasteiger charge is -2.21. The van der Waals surface area contributed by atoms with Crippen LogP contribution in [0.25, 0.3) is 0 Å². The molecule has 140 valence electrons. The Labute approximate surface area is 157 Å². The van der Waals surface area contributed by atoms with E-state index in [-0.39, 0.29) is 11.8 Å². The van der Waals surface area contributed by atoms with Crippen molar-refractivity contribution >= 4 is 42.8 Å². The molecule has 0 fully saturated rings. The number of hydrogen-bond donors (Lipinski definition) is 1. The Morgan fingerprint density at radius 1 is 1.23 bits per heavy atom. The Hall–Kier alpha value is -1.91. The normalized spacial score (nSPS) is 18.0. The average Bonchev–Trinajstić information content (AvgIpc) is 3.23. The van der Waals surface area contributed by atoms with Crippen LogP contribution in [0.15, 0.2) is 46.9 Å². The maximum Gasteiger partial charge on any atom is 0.250 e. The van der Waals surface area contributed by atoms with Gasteiger partial charge in [0.1, 0.15) is 6.04 Å². The van der Waals surface area contributed by atoms with Crippen LogP contribution in [0.5, 0.6) is 0 Å². The van der Waals surface area contributed by atoms with Crippen molar-refractivity contribution < 1.29 is 16.8 Å². The van der Waals surface area contributed by atoms with E-state index < -0.39 is 20.0 Å². The summed E-state index contributed by atoms with van der Waals surface area (Å²) in [5.41, 5.74) is 1.71. The van der Waals surface area contributed by atoms with Crippen LogP contribution >= 0.6 is 11.3 Å². The van der Waals surface area contributed by atoms with Gasteiger partial charge in [0.25, 0.3) is 0 Å². The van der Waals surface area contributed by atoms with Gasteiger partial charge < -0.3 is 0 Å². The molecule has 7 nitrogen and oxygen atoms in total. The minimum absolute atomic E-state index is 0.0403. The second kappa shape index (κ2) is 7.01. The maximum absolute atomic E-state index is 12.5. The van der Waals surface area contributed by atoms with E-state index >= 15 is 0 Å². The molecule has 1 atom stereocenters. The minimum atomic E-state index is -3.51. The van der Waals surface area contributed by atoms with Crippen molar-refractivity contribution in [1.29, 1.82) is 0 Å². The van der Waals surface area contributed by atoms with Crippen LogP contribution in [0.4, 0.5) is 5.69 Å². The van der Waals surface area contributed by atoms with E-state index in [0.717, 1.165) is 11.1 Å². The molecule has 1 N–H and O–H groups in total. The van der Waals surface area contributed by atoms with E-state index in [2.05, 4.69) is 9.82 Å². The third kappa shape index (κ3) is 4.08. The number of thiophene rings is 1. The van der Waals surface area contributed by atoms with Crippen LogP contribution in [-0.2, 0) is 20.0 Å². The van der Waals surface area contributed by atoms with Gasteiger partial charge in [0.15, 0.2) is 0 Å². The first-order valence-electron chi connectivity index (χ1n) is 7.91. The summed E-state index contributed by atoms with van der Waals surface area (Å²) in [5.74, 6) is -0.0403. The lowest BCUT2D eigenvalue weighted by atomic mass is 10.0. The number of hydrogen-bond acceptors (Lipinski definition) is 6. The van der Waals surface area contributed by atoms with Crippen molar-refractivity contribution in [2.75, 3.05) is 16.7 Å². The number of hydrazone groups is 1. The molecule has 0 amide bonds. The van der Waals surface area contributed by atoms with Crippen LogP contribution in [-0.4, -0.2) is 39.0 Å². The van der Waals surface area contributed by atoms with E-state index in [0.29, 0.717) is 23.4 Å². The molecule has 2 aromatic rings. The molecular formula is C16H19N3O4S3. The molecule has 1 aromatic heterocycles. The molecule has 0 aliphatic carbocycles. The molecule has 1 aliphatic rings. The van der Waals surface area contributed by atoms with Crippen molar-refractivity contribution in [1.82, 2.24) is 4.41 Å². The third-order valence-electron chi connectivity index (χ3n) is 3.89. The number of nitrogens with one attached hydrogen (secondary N) is 1. The summed E-state index contributed by atoms with van der Waals surface area (Å²) in [5, 5.41) is 6.27. The van der Waals surface area contributed by atoms with Gasteiger partial charge in [-0.1, -0.05) is 18.2 Å². The van der Waals surface area contributed by atoms with Gasteiger partial charge in [0.05, 0.1) is 17.7 Å². The van der Waals surface area contributed by atoms with Crippen molar-refractivity contribution in [2.45, 2.75) is 19.4 Å². The minimum Gasteiger partial charge on any atom is -0.284 e. The third-order valence-corrected chi connectivity index (χ3v) is 7.11. The van der Waals surface area contributed by atoms with E-state index in [1.54, 1.807) is 31.2 Å². The van der Waals surface area contributed by atoms with E-state index in [1.165, 1.54) is 15.8 Å². The van der Waals surface area contributed by atoms with Crippen LogP contribution in [0.1, 0.15) is 29.8 Å². The fraction of sp³-hybridized carbons (Fsp3) is 0.312. The highest BCUT2D eigenvalue weighted by Gasteiger charge is 2.36. The summed E-state index contributed by atoms with van der Waals surface area (Å²) in [6.45, 7) is 1.59. The zero-order valence-electron chi connectivity index (χ0n) is 14.3. The van der Waals surface area contributed by atoms with Crippen LogP contribution in [0.2, 0.25) is 0 Å². The fourth-order valence-electron chi connectivity index (χ4n) is 2.72. The van der Waals surface area contributed by atoms with Crippen LogP contribution in [0.3, 0.4) is 0 Å². The second-order valence-corrected chi connectivity index (χ2v) is 10.8.